The van der Waals surface area contributed by atoms with E-state index in [1.165, 1.54) is 21.3 Å². The maximum atomic E-state index is 13.4. The van der Waals surface area contributed by atoms with Gasteiger partial charge in [0.15, 0.2) is 0 Å². The number of rotatable bonds is 8. The number of methoxy groups -OCH3 is 3. The third kappa shape index (κ3) is 6.14. The van der Waals surface area contributed by atoms with Crippen molar-refractivity contribution >= 4 is 51.1 Å². The number of H-pyrrole nitrogens is 2. The van der Waals surface area contributed by atoms with E-state index in [9.17, 15) is 19.5 Å². The molecule has 2 aliphatic heterocycles. The maximum absolute atomic E-state index is 13.4. The minimum absolute atomic E-state index is 0.126. The van der Waals surface area contributed by atoms with Gasteiger partial charge in [0.2, 0.25) is 0 Å². The molecule has 48 heavy (non-hydrogen) atoms. The molecule has 3 aromatic rings. The predicted molar refractivity (Wildman–Crippen MR) is 183 cm³/mol. The zero-order valence-corrected chi connectivity index (χ0v) is 29.1. The van der Waals surface area contributed by atoms with Crippen molar-refractivity contribution in [2.24, 2.45) is 0 Å². The van der Waals surface area contributed by atoms with Crippen LogP contribution in [-0.2, 0) is 41.4 Å². The van der Waals surface area contributed by atoms with Crippen molar-refractivity contribution in [3.8, 4) is 0 Å². The molecular weight excluding hydrogens is 612 g/mol. The molecule has 0 fully saturated rings. The standard InChI is InChI=1S/C37H44N4O7/c1-10-22-17(2)25-16-30-33(21(6)42)19(4)27(39-30)14-26-18(3)23(11-12-31(43)46-7)35(40-26)24(13-32(44)47-8)36-34(37(45)48-9)20(5)28(41-36)15-29(22)38-25/h14-16,18,21,23,38-39,42H,10-13H2,1-9H3. The number of hydrogen-bond acceptors (Lipinski definition) is 9. The second-order valence-electron chi connectivity index (χ2n) is 12.5. The summed E-state index contributed by atoms with van der Waals surface area (Å²) >= 11 is 0. The molecule has 5 rings (SSSR count). The van der Waals surface area contributed by atoms with Gasteiger partial charge in [-0.1, -0.05) is 13.8 Å². The zero-order valence-electron chi connectivity index (χ0n) is 29.1. The summed E-state index contributed by atoms with van der Waals surface area (Å²) in [6, 6.07) is 5.88. The second-order valence-corrected chi connectivity index (χ2v) is 12.5. The Morgan fingerprint density at radius 1 is 0.875 bits per heavy atom. The molecule has 3 aromatic heterocycles. The minimum Gasteiger partial charge on any atom is -0.469 e. The third-order valence-electron chi connectivity index (χ3n) is 9.77. The summed E-state index contributed by atoms with van der Waals surface area (Å²) in [5.41, 5.74) is 10.4. The Bertz CT molecular complexity index is 2000. The molecule has 0 saturated heterocycles. The first-order valence-electron chi connectivity index (χ1n) is 16.2. The Balaban J connectivity index is 2.03. The largest absolute Gasteiger partial charge is 0.469 e. The van der Waals surface area contributed by atoms with Crippen LogP contribution < -0.4 is 0 Å². The monoisotopic (exact) mass is 656 g/mol. The highest BCUT2D eigenvalue weighted by Gasteiger charge is 2.36. The van der Waals surface area contributed by atoms with Crippen LogP contribution in [0.1, 0.15) is 109 Å². The van der Waals surface area contributed by atoms with Gasteiger partial charge in [0.25, 0.3) is 0 Å². The van der Waals surface area contributed by atoms with E-state index in [1.807, 2.05) is 39.0 Å². The molecule has 3 atom stereocenters. The lowest BCUT2D eigenvalue weighted by atomic mass is 9.84. The summed E-state index contributed by atoms with van der Waals surface area (Å²) in [6.45, 7) is 11.7. The highest BCUT2D eigenvalue weighted by molar-refractivity contribution is 6.25. The molecule has 11 nitrogen and oxygen atoms in total. The number of ether oxygens (including phenoxy) is 3. The Labute approximate surface area is 279 Å². The van der Waals surface area contributed by atoms with Crippen LogP contribution in [0.15, 0.2) is 18.2 Å². The number of aliphatic hydroxyl groups is 1. The van der Waals surface area contributed by atoms with Gasteiger partial charge in [0.1, 0.15) is 0 Å². The van der Waals surface area contributed by atoms with E-state index < -0.39 is 18.0 Å². The van der Waals surface area contributed by atoms with Gasteiger partial charge < -0.3 is 29.3 Å². The second kappa shape index (κ2) is 13.8. The number of aliphatic hydroxyl groups excluding tert-OH is 1. The van der Waals surface area contributed by atoms with Gasteiger partial charge in [-0.3, -0.25) is 14.6 Å². The summed E-state index contributed by atoms with van der Waals surface area (Å²) in [6.07, 6.45) is 0.294. The molecule has 254 valence electrons. The molecule has 2 aliphatic rings. The first-order valence-corrected chi connectivity index (χ1v) is 16.2. The average molecular weight is 657 g/mol. The van der Waals surface area contributed by atoms with E-state index in [1.54, 1.807) is 6.92 Å². The molecule has 0 radical (unpaired) electrons. The topological polar surface area (TPSA) is 156 Å². The summed E-state index contributed by atoms with van der Waals surface area (Å²) < 4.78 is 15.3. The number of carbonyl (C=O) groups excluding carboxylic acids is 3. The van der Waals surface area contributed by atoms with Crippen molar-refractivity contribution in [2.45, 2.75) is 85.2 Å². The zero-order chi connectivity index (χ0) is 35.0. The van der Waals surface area contributed by atoms with Crippen molar-refractivity contribution in [1.82, 2.24) is 19.9 Å². The predicted octanol–water partition coefficient (Wildman–Crippen LogP) is 6.21. The third-order valence-corrected chi connectivity index (χ3v) is 9.77. The Morgan fingerprint density at radius 2 is 1.54 bits per heavy atom. The van der Waals surface area contributed by atoms with E-state index in [4.69, 9.17) is 24.2 Å². The summed E-state index contributed by atoms with van der Waals surface area (Å²) in [4.78, 5) is 56.0. The molecule has 8 bridgehead atoms. The van der Waals surface area contributed by atoms with Crippen LogP contribution in [0.2, 0.25) is 0 Å². The number of aromatic amines is 2. The minimum atomic E-state index is -0.743. The molecule has 11 heteroatoms. The van der Waals surface area contributed by atoms with E-state index in [-0.39, 0.29) is 36.2 Å². The Kier molecular flexibility index (Phi) is 9.91. The van der Waals surface area contributed by atoms with Crippen LogP contribution >= 0.6 is 0 Å². The quantitative estimate of drug-likeness (QED) is 0.190. The number of aryl methyl sites for hydroxylation is 3. The van der Waals surface area contributed by atoms with Gasteiger partial charge in [-0.05, 0) is 81.0 Å². The molecular formula is C37H44N4O7. The van der Waals surface area contributed by atoms with Crippen molar-refractivity contribution in [3.63, 3.8) is 0 Å². The lowest BCUT2D eigenvalue weighted by Crippen LogP contribution is -2.15. The van der Waals surface area contributed by atoms with Crippen LogP contribution in [0.25, 0.3) is 33.2 Å². The van der Waals surface area contributed by atoms with Gasteiger partial charge in [0.05, 0.1) is 56.5 Å². The number of carbonyl (C=O) groups is 3. The van der Waals surface area contributed by atoms with Crippen LogP contribution in [0.4, 0.5) is 0 Å². The number of aromatic nitrogens is 4. The first kappa shape index (κ1) is 34.6. The number of nitrogens with zero attached hydrogens (tertiary/aromatic N) is 2. The SMILES string of the molecule is CCc1c(C)c2cc3[nH]c(cc4nc(c(CC(=O)OC)c5nc(cc1[nH]2)C(C)=C5C(=O)OC)C(CCC(=O)OC)C4C)c(C)c3C(C)O. The van der Waals surface area contributed by atoms with Gasteiger partial charge in [-0.25, -0.2) is 9.78 Å². The fourth-order valence-corrected chi connectivity index (χ4v) is 7.05. The van der Waals surface area contributed by atoms with Crippen molar-refractivity contribution in [1.29, 1.82) is 0 Å². The fourth-order valence-electron chi connectivity index (χ4n) is 7.05. The van der Waals surface area contributed by atoms with Crippen LogP contribution in [0.5, 0.6) is 0 Å². The normalized spacial score (nSPS) is 16.5. The molecule has 0 aromatic carbocycles. The van der Waals surface area contributed by atoms with Crippen molar-refractivity contribution in [2.75, 3.05) is 21.3 Å². The number of nitrogens with one attached hydrogen (secondary N) is 2. The Morgan fingerprint density at radius 3 is 2.17 bits per heavy atom. The Hall–Kier alpha value is -4.77. The number of allylic oxidation sites excluding steroid dienone is 1. The maximum Gasteiger partial charge on any atom is 0.340 e. The van der Waals surface area contributed by atoms with Gasteiger partial charge in [-0.2, -0.15) is 0 Å². The van der Waals surface area contributed by atoms with Gasteiger partial charge >= 0.3 is 17.9 Å². The fraction of sp³-hybridized carbons (Fsp3) is 0.432. The van der Waals surface area contributed by atoms with E-state index in [0.29, 0.717) is 40.3 Å². The van der Waals surface area contributed by atoms with Crippen molar-refractivity contribution < 1.29 is 33.7 Å². The van der Waals surface area contributed by atoms with Crippen LogP contribution in [0.3, 0.4) is 0 Å². The molecule has 3 unspecified atom stereocenters. The molecule has 0 spiro atoms. The van der Waals surface area contributed by atoms with Crippen LogP contribution in [-0.4, -0.2) is 64.3 Å². The number of esters is 3. The van der Waals surface area contributed by atoms with E-state index >= 15 is 0 Å². The summed E-state index contributed by atoms with van der Waals surface area (Å²) in [5, 5.41) is 10.9. The van der Waals surface area contributed by atoms with Crippen molar-refractivity contribution in [3.05, 3.63) is 68.8 Å². The molecule has 0 amide bonds. The first-order chi connectivity index (χ1) is 22.8. The average Bonchev–Trinajstić information content (AvgIpc) is 3.74. The number of fused-ring (bicyclic) bond motifs is 8. The molecule has 0 aliphatic carbocycles. The highest BCUT2D eigenvalue weighted by atomic mass is 16.5. The molecule has 5 heterocycles. The van der Waals surface area contributed by atoms with Crippen LogP contribution in [0, 0.1) is 13.8 Å². The molecule has 0 saturated carbocycles. The smallest absolute Gasteiger partial charge is 0.340 e. The number of hydrogen-bond donors (Lipinski definition) is 3. The highest BCUT2D eigenvalue weighted by Crippen LogP contribution is 2.44. The van der Waals surface area contributed by atoms with E-state index in [0.717, 1.165) is 50.7 Å². The summed E-state index contributed by atoms with van der Waals surface area (Å²) in [5.74, 6) is -1.99. The lowest BCUT2D eigenvalue weighted by Gasteiger charge is -2.18. The van der Waals surface area contributed by atoms with Gasteiger partial charge in [-0.15, -0.1) is 0 Å². The lowest BCUT2D eigenvalue weighted by molar-refractivity contribution is -0.141. The van der Waals surface area contributed by atoms with E-state index in [2.05, 4.69) is 23.8 Å². The summed E-state index contributed by atoms with van der Waals surface area (Å²) in [7, 11) is 3.97. The van der Waals surface area contributed by atoms with Gasteiger partial charge in [0, 0.05) is 57.1 Å². The molecule has 3 N–H and O–H groups in total.